The fourth-order valence-electron chi connectivity index (χ4n) is 4.45. The van der Waals surface area contributed by atoms with E-state index in [0.29, 0.717) is 12.8 Å². The number of alkyl halides is 3. The Morgan fingerprint density at radius 2 is 1.71 bits per heavy atom. The number of hydrazine groups is 1. The molecule has 0 bridgehead atoms. The number of pyridine rings is 1. The zero-order chi connectivity index (χ0) is 24.9. The summed E-state index contributed by atoms with van der Waals surface area (Å²) in [6, 6.07) is 2.71. The first kappa shape index (κ1) is 25.9. The summed E-state index contributed by atoms with van der Waals surface area (Å²) in [5.74, 6) is 5.54. The van der Waals surface area contributed by atoms with Gasteiger partial charge in [-0.05, 0) is 50.7 Å². The van der Waals surface area contributed by atoms with Crippen LogP contribution in [-0.4, -0.2) is 53.8 Å². The lowest BCUT2D eigenvalue weighted by atomic mass is 9.98. The minimum Gasteiger partial charge on any atom is -0.488 e. The molecule has 3 rings (SSSR count). The predicted octanol–water partition coefficient (Wildman–Crippen LogP) is 4.26. The Labute approximate surface area is 198 Å². The summed E-state index contributed by atoms with van der Waals surface area (Å²) in [6.45, 7) is -0.307. The molecular formula is C23H34F3N5O3. The average molecular weight is 486 g/mol. The molecule has 1 aromatic heterocycles. The number of hydrogen-bond donors (Lipinski definition) is 2. The Bertz CT molecular complexity index is 879. The molecule has 0 saturated heterocycles. The number of nitrogens with zero attached hydrogens (tertiary/aromatic N) is 3. The van der Waals surface area contributed by atoms with Crippen LogP contribution in [-0.2, 0) is 10.9 Å². The molecule has 1 heterocycles. The van der Waals surface area contributed by atoms with Gasteiger partial charge in [-0.3, -0.25) is 0 Å². The molecule has 0 spiro atoms. The van der Waals surface area contributed by atoms with E-state index in [-0.39, 0.29) is 41.6 Å². The first-order valence-corrected chi connectivity index (χ1v) is 11.7. The molecule has 11 heteroatoms. The summed E-state index contributed by atoms with van der Waals surface area (Å²) in [7, 11) is 3.13. The minimum absolute atomic E-state index is 0.112. The van der Waals surface area contributed by atoms with Crippen molar-refractivity contribution in [3.63, 3.8) is 0 Å². The Hall–Kier alpha value is -2.69. The van der Waals surface area contributed by atoms with E-state index in [0.717, 1.165) is 50.0 Å². The highest BCUT2D eigenvalue weighted by molar-refractivity contribution is 5.69. The third-order valence-corrected chi connectivity index (χ3v) is 6.48. The van der Waals surface area contributed by atoms with E-state index >= 15 is 0 Å². The van der Waals surface area contributed by atoms with Gasteiger partial charge in [0.1, 0.15) is 6.61 Å². The fourth-order valence-corrected chi connectivity index (χ4v) is 4.45. The second-order valence-corrected chi connectivity index (χ2v) is 8.99. The normalized spacial score (nSPS) is 18.4. The Morgan fingerprint density at radius 1 is 1.09 bits per heavy atom. The summed E-state index contributed by atoms with van der Waals surface area (Å²) in [5, 5.41) is 1.11. The number of amides is 1. The smallest absolute Gasteiger partial charge is 0.437 e. The van der Waals surface area contributed by atoms with Gasteiger partial charge in [0.15, 0.2) is 11.4 Å². The molecular weight excluding hydrogens is 451 g/mol. The molecule has 2 fully saturated rings. The first-order chi connectivity index (χ1) is 16.1. The largest absolute Gasteiger partial charge is 0.488 e. The third-order valence-electron chi connectivity index (χ3n) is 6.48. The lowest BCUT2D eigenvalue weighted by Crippen LogP contribution is -2.37. The molecule has 190 valence electrons. The molecule has 0 radical (unpaired) electrons. The summed E-state index contributed by atoms with van der Waals surface area (Å²) in [6.07, 6.45) is 2.72. The van der Waals surface area contributed by atoms with Crippen LogP contribution in [0.3, 0.4) is 0 Å². The standard InChI is InChI=1S/C23H34F3N5O3/c1-30(15-8-6-7-9-15)22(32)33-14-18(31(2)28)20(27)17-12-13-19(21(29-17)23(24,25)26)34-16-10-4-3-5-11-16/h12-13,15-16H,3-11,14,27-28H2,1-2H3/b20-18-. The monoisotopic (exact) mass is 485 g/mol. The van der Waals surface area contributed by atoms with Crippen LogP contribution < -0.4 is 16.3 Å². The van der Waals surface area contributed by atoms with E-state index in [9.17, 15) is 18.0 Å². The van der Waals surface area contributed by atoms with Gasteiger partial charge in [0, 0.05) is 20.1 Å². The van der Waals surface area contributed by atoms with Gasteiger partial charge in [-0.25, -0.2) is 15.6 Å². The van der Waals surface area contributed by atoms with Crippen molar-refractivity contribution < 1.29 is 27.4 Å². The number of likely N-dealkylation sites (N-methyl/N-ethyl adjacent to an activating group) is 1. The van der Waals surface area contributed by atoms with Crippen molar-refractivity contribution in [1.29, 1.82) is 0 Å². The van der Waals surface area contributed by atoms with Crippen LogP contribution >= 0.6 is 0 Å². The quantitative estimate of drug-likeness (QED) is 0.439. The van der Waals surface area contributed by atoms with Gasteiger partial charge in [-0.15, -0.1) is 0 Å². The van der Waals surface area contributed by atoms with Crippen molar-refractivity contribution in [3.05, 3.63) is 29.2 Å². The zero-order valence-electron chi connectivity index (χ0n) is 19.7. The Kier molecular flexibility index (Phi) is 8.51. The van der Waals surface area contributed by atoms with Crippen LogP contribution in [0.4, 0.5) is 18.0 Å². The lowest BCUT2D eigenvalue weighted by Gasteiger charge is -2.26. The third kappa shape index (κ3) is 6.46. The van der Waals surface area contributed by atoms with E-state index in [1.54, 1.807) is 7.05 Å². The molecule has 0 aromatic carbocycles. The maximum absolute atomic E-state index is 13.8. The van der Waals surface area contributed by atoms with Gasteiger partial charge in [0.05, 0.1) is 23.2 Å². The van der Waals surface area contributed by atoms with Gasteiger partial charge in [-0.1, -0.05) is 19.3 Å². The van der Waals surface area contributed by atoms with Crippen molar-refractivity contribution in [2.75, 3.05) is 20.7 Å². The van der Waals surface area contributed by atoms with E-state index in [1.807, 2.05) is 0 Å². The van der Waals surface area contributed by atoms with Gasteiger partial charge in [0.25, 0.3) is 0 Å². The number of carbonyl (C=O) groups is 1. The van der Waals surface area contributed by atoms with E-state index in [4.69, 9.17) is 21.1 Å². The molecule has 1 amide bonds. The van der Waals surface area contributed by atoms with E-state index < -0.39 is 18.0 Å². The van der Waals surface area contributed by atoms with Gasteiger partial charge >= 0.3 is 12.3 Å². The summed E-state index contributed by atoms with van der Waals surface area (Å²) >= 11 is 0. The number of rotatable bonds is 7. The van der Waals surface area contributed by atoms with Crippen LogP contribution in [0.15, 0.2) is 17.8 Å². The number of ether oxygens (including phenoxy) is 2. The van der Waals surface area contributed by atoms with Gasteiger partial charge in [0.2, 0.25) is 0 Å². The van der Waals surface area contributed by atoms with Crippen molar-refractivity contribution >= 4 is 11.8 Å². The topological polar surface area (TPSA) is 107 Å². The SMILES string of the molecule is CN(N)/C(COC(=O)N(C)C1CCCC1)=C(\N)c1ccc(OC2CCCCC2)c(C(F)(F)F)n1. The highest BCUT2D eigenvalue weighted by Gasteiger charge is 2.38. The van der Waals surface area contributed by atoms with E-state index in [2.05, 4.69) is 4.98 Å². The van der Waals surface area contributed by atoms with Crippen molar-refractivity contribution in [2.45, 2.75) is 76.1 Å². The molecule has 0 atom stereocenters. The Balaban J connectivity index is 1.81. The average Bonchev–Trinajstić information content (AvgIpc) is 3.33. The minimum atomic E-state index is -4.73. The van der Waals surface area contributed by atoms with Crippen LogP contribution in [0.5, 0.6) is 5.75 Å². The van der Waals surface area contributed by atoms with Crippen LogP contribution in [0.2, 0.25) is 0 Å². The number of nitrogens with two attached hydrogens (primary N) is 2. The van der Waals surface area contributed by atoms with Gasteiger partial charge < -0.3 is 25.1 Å². The van der Waals surface area contributed by atoms with Crippen LogP contribution in [0.25, 0.3) is 5.70 Å². The lowest BCUT2D eigenvalue weighted by molar-refractivity contribution is -0.143. The fraction of sp³-hybridized carbons (Fsp3) is 0.652. The molecule has 1 aromatic rings. The summed E-state index contributed by atoms with van der Waals surface area (Å²) in [5.41, 5.74) is 4.90. The van der Waals surface area contributed by atoms with Crippen molar-refractivity contribution in [3.8, 4) is 5.75 Å². The molecule has 2 aliphatic carbocycles. The zero-order valence-corrected chi connectivity index (χ0v) is 19.7. The molecule has 0 unspecified atom stereocenters. The Morgan fingerprint density at radius 3 is 2.29 bits per heavy atom. The first-order valence-electron chi connectivity index (χ1n) is 11.7. The maximum Gasteiger partial charge on any atom is 0.437 e. The van der Waals surface area contributed by atoms with E-state index in [1.165, 1.54) is 24.1 Å². The molecule has 8 nitrogen and oxygen atoms in total. The molecule has 4 N–H and O–H groups in total. The highest BCUT2D eigenvalue weighted by atomic mass is 19.4. The van der Waals surface area contributed by atoms with Gasteiger partial charge in [-0.2, -0.15) is 13.2 Å². The summed E-state index contributed by atoms with van der Waals surface area (Å²) in [4.78, 5) is 17.7. The van der Waals surface area contributed by atoms with Crippen molar-refractivity contribution in [1.82, 2.24) is 14.9 Å². The highest BCUT2D eigenvalue weighted by Crippen LogP contribution is 2.37. The van der Waals surface area contributed by atoms with Crippen molar-refractivity contribution in [2.24, 2.45) is 11.6 Å². The summed E-state index contributed by atoms with van der Waals surface area (Å²) < 4.78 is 52.4. The molecule has 34 heavy (non-hydrogen) atoms. The number of halogens is 3. The number of hydrogen-bond acceptors (Lipinski definition) is 7. The second kappa shape index (κ2) is 11.2. The second-order valence-electron chi connectivity index (χ2n) is 8.99. The van der Waals surface area contributed by atoms with Crippen LogP contribution in [0, 0.1) is 0 Å². The predicted molar refractivity (Wildman–Crippen MR) is 121 cm³/mol. The molecule has 2 saturated carbocycles. The maximum atomic E-state index is 13.8. The molecule has 0 aliphatic heterocycles. The number of aromatic nitrogens is 1. The molecule has 2 aliphatic rings. The number of carbonyl (C=O) groups excluding carboxylic acids is 1. The van der Waals surface area contributed by atoms with Crippen LogP contribution in [0.1, 0.15) is 69.2 Å².